The van der Waals surface area contributed by atoms with Gasteiger partial charge in [-0.05, 0) is 66.4 Å². The number of halogens is 1. The molecule has 1 N–H and O–H groups in total. The molecule has 2 aromatic carbocycles. The summed E-state index contributed by atoms with van der Waals surface area (Å²) >= 11 is 3.59. The minimum absolute atomic E-state index is 0.171. The van der Waals surface area contributed by atoms with Crippen molar-refractivity contribution < 1.29 is 14.4 Å². The van der Waals surface area contributed by atoms with Crippen molar-refractivity contribution in [3.8, 4) is 5.75 Å². The number of hydroxylamine groups is 1. The van der Waals surface area contributed by atoms with Gasteiger partial charge in [-0.1, -0.05) is 36.4 Å². The Morgan fingerprint density at radius 1 is 1.19 bits per heavy atom. The predicted molar refractivity (Wildman–Crippen MR) is 105 cm³/mol. The summed E-state index contributed by atoms with van der Waals surface area (Å²) < 4.78 is 6.82. The lowest BCUT2D eigenvalue weighted by molar-refractivity contribution is -0.161. The molecule has 0 radical (unpaired) electrons. The fourth-order valence-corrected chi connectivity index (χ4v) is 3.09. The number of nitrogens with one attached hydrogen (secondary N) is 1. The number of hydrogen-bond donors (Lipinski definition) is 1. The van der Waals surface area contributed by atoms with E-state index in [0.29, 0.717) is 12.5 Å². The van der Waals surface area contributed by atoms with Crippen LogP contribution in [0.25, 0.3) is 0 Å². The molecule has 1 aliphatic rings. The van der Waals surface area contributed by atoms with E-state index in [0.717, 1.165) is 22.2 Å². The van der Waals surface area contributed by atoms with Gasteiger partial charge < -0.3 is 9.57 Å². The van der Waals surface area contributed by atoms with Crippen LogP contribution in [0.4, 0.5) is 0 Å². The van der Waals surface area contributed by atoms with E-state index in [9.17, 15) is 4.79 Å². The van der Waals surface area contributed by atoms with Crippen LogP contribution in [0.5, 0.6) is 5.75 Å². The summed E-state index contributed by atoms with van der Waals surface area (Å²) in [6.45, 7) is 6.06. The second kappa shape index (κ2) is 7.80. The molecule has 0 saturated heterocycles. The van der Waals surface area contributed by atoms with Crippen molar-refractivity contribution in [1.82, 2.24) is 5.48 Å². The molecule has 3 rings (SSSR count). The standard InChI is InChI=1S/C21H24BrNO3/c1-21(2,3)20(24)26-23-18-12-16(18)15-9-10-19(17(22)11-15)25-13-14-7-5-4-6-8-14/h4-11,16,18,23H,12-13H2,1-3H3. The van der Waals surface area contributed by atoms with E-state index in [4.69, 9.17) is 9.57 Å². The molecule has 2 atom stereocenters. The number of hydrogen-bond acceptors (Lipinski definition) is 4. The molecule has 0 heterocycles. The molecule has 2 unspecified atom stereocenters. The maximum absolute atomic E-state index is 11.8. The first-order chi connectivity index (χ1) is 12.3. The molecular weight excluding hydrogens is 394 g/mol. The first kappa shape index (κ1) is 18.9. The number of ether oxygens (including phenoxy) is 1. The molecule has 26 heavy (non-hydrogen) atoms. The Morgan fingerprint density at radius 2 is 1.92 bits per heavy atom. The minimum Gasteiger partial charge on any atom is -0.488 e. The van der Waals surface area contributed by atoms with Gasteiger partial charge in [0.15, 0.2) is 0 Å². The van der Waals surface area contributed by atoms with Crippen molar-refractivity contribution >= 4 is 21.9 Å². The van der Waals surface area contributed by atoms with Crippen molar-refractivity contribution in [2.24, 2.45) is 5.41 Å². The van der Waals surface area contributed by atoms with Gasteiger partial charge in [-0.15, -0.1) is 5.48 Å². The predicted octanol–water partition coefficient (Wildman–Crippen LogP) is 4.98. The summed E-state index contributed by atoms with van der Waals surface area (Å²) in [4.78, 5) is 17.0. The van der Waals surface area contributed by atoms with E-state index in [1.165, 1.54) is 5.56 Å². The molecular formula is C21H24BrNO3. The smallest absolute Gasteiger partial charge is 0.329 e. The molecule has 0 bridgehead atoms. The normalized spacial score (nSPS) is 19.1. The molecule has 2 aromatic rings. The van der Waals surface area contributed by atoms with Crippen LogP contribution in [0, 0.1) is 5.41 Å². The van der Waals surface area contributed by atoms with Crippen LogP contribution in [0.2, 0.25) is 0 Å². The molecule has 1 aliphatic carbocycles. The molecule has 138 valence electrons. The van der Waals surface area contributed by atoms with Gasteiger partial charge in [-0.3, -0.25) is 0 Å². The van der Waals surface area contributed by atoms with Crippen LogP contribution in [0.15, 0.2) is 53.0 Å². The summed E-state index contributed by atoms with van der Waals surface area (Å²) in [7, 11) is 0. The molecule has 0 amide bonds. The maximum Gasteiger partial charge on any atom is 0.329 e. The number of rotatable bonds is 6. The highest BCUT2D eigenvalue weighted by molar-refractivity contribution is 9.10. The van der Waals surface area contributed by atoms with Gasteiger partial charge in [0, 0.05) is 5.92 Å². The second-order valence-electron chi connectivity index (χ2n) is 7.67. The second-order valence-corrected chi connectivity index (χ2v) is 8.52. The van der Waals surface area contributed by atoms with Crippen molar-refractivity contribution in [3.63, 3.8) is 0 Å². The van der Waals surface area contributed by atoms with E-state index in [1.807, 2.05) is 57.2 Å². The molecule has 1 saturated carbocycles. The first-order valence-electron chi connectivity index (χ1n) is 8.77. The minimum atomic E-state index is -0.502. The zero-order valence-corrected chi connectivity index (χ0v) is 16.9. The van der Waals surface area contributed by atoms with E-state index >= 15 is 0 Å². The number of carbonyl (C=O) groups is 1. The van der Waals surface area contributed by atoms with Gasteiger partial charge in [0.2, 0.25) is 0 Å². The van der Waals surface area contributed by atoms with Gasteiger partial charge in [0.25, 0.3) is 0 Å². The summed E-state index contributed by atoms with van der Waals surface area (Å²) in [6.07, 6.45) is 0.952. The summed E-state index contributed by atoms with van der Waals surface area (Å²) in [5.74, 6) is 0.929. The molecule has 1 fully saturated rings. The quantitative estimate of drug-likeness (QED) is 0.673. The SMILES string of the molecule is CC(C)(C)C(=O)ONC1CC1c1ccc(OCc2ccccc2)c(Br)c1. The van der Waals surface area contributed by atoms with Gasteiger partial charge in [-0.2, -0.15) is 0 Å². The number of benzene rings is 2. The molecule has 0 spiro atoms. The lowest BCUT2D eigenvalue weighted by Gasteiger charge is -2.16. The van der Waals surface area contributed by atoms with Crippen molar-refractivity contribution in [1.29, 1.82) is 0 Å². The highest BCUT2D eigenvalue weighted by Crippen LogP contribution is 2.43. The van der Waals surface area contributed by atoms with E-state index in [-0.39, 0.29) is 12.0 Å². The first-order valence-corrected chi connectivity index (χ1v) is 9.57. The zero-order valence-electron chi connectivity index (χ0n) is 15.3. The third kappa shape index (κ3) is 4.86. The van der Waals surface area contributed by atoms with Crippen LogP contribution < -0.4 is 10.2 Å². The fourth-order valence-electron chi connectivity index (χ4n) is 2.58. The van der Waals surface area contributed by atoms with Gasteiger partial charge >= 0.3 is 5.97 Å². The van der Waals surface area contributed by atoms with Crippen LogP contribution in [-0.2, 0) is 16.2 Å². The van der Waals surface area contributed by atoms with Gasteiger partial charge in [-0.25, -0.2) is 4.79 Å². The van der Waals surface area contributed by atoms with Crippen LogP contribution >= 0.6 is 15.9 Å². The van der Waals surface area contributed by atoms with E-state index < -0.39 is 5.41 Å². The highest BCUT2D eigenvalue weighted by atomic mass is 79.9. The summed E-state index contributed by atoms with van der Waals surface area (Å²) in [6, 6.07) is 16.4. The monoisotopic (exact) mass is 417 g/mol. The molecule has 0 aliphatic heterocycles. The van der Waals surface area contributed by atoms with Gasteiger partial charge in [0.05, 0.1) is 15.9 Å². The Hall–Kier alpha value is -1.85. The Balaban J connectivity index is 1.53. The lowest BCUT2D eigenvalue weighted by Crippen LogP contribution is -2.31. The highest BCUT2D eigenvalue weighted by Gasteiger charge is 2.40. The zero-order chi connectivity index (χ0) is 18.7. The van der Waals surface area contributed by atoms with Crippen LogP contribution in [0.1, 0.15) is 44.2 Å². The van der Waals surface area contributed by atoms with E-state index in [2.05, 4.69) is 33.5 Å². The third-order valence-corrected chi connectivity index (χ3v) is 4.95. The van der Waals surface area contributed by atoms with Crippen molar-refractivity contribution in [2.75, 3.05) is 0 Å². The topological polar surface area (TPSA) is 47.6 Å². The Labute approximate surface area is 163 Å². The maximum atomic E-state index is 11.8. The molecule has 4 nitrogen and oxygen atoms in total. The Morgan fingerprint density at radius 3 is 2.58 bits per heavy atom. The average molecular weight is 418 g/mol. The summed E-state index contributed by atoms with van der Waals surface area (Å²) in [5, 5.41) is 0. The lowest BCUT2D eigenvalue weighted by atomic mass is 9.98. The fraction of sp³-hybridized carbons (Fsp3) is 0.381. The Bertz CT molecular complexity index is 771. The average Bonchev–Trinajstić information content (AvgIpc) is 3.38. The largest absolute Gasteiger partial charge is 0.488 e. The third-order valence-electron chi connectivity index (χ3n) is 4.33. The number of carbonyl (C=O) groups excluding carboxylic acids is 1. The molecule has 0 aromatic heterocycles. The Kier molecular flexibility index (Phi) is 5.68. The van der Waals surface area contributed by atoms with Crippen molar-refractivity contribution in [3.05, 3.63) is 64.1 Å². The van der Waals surface area contributed by atoms with Crippen molar-refractivity contribution in [2.45, 2.75) is 45.8 Å². The van der Waals surface area contributed by atoms with Crippen LogP contribution in [0.3, 0.4) is 0 Å². The van der Waals surface area contributed by atoms with Crippen LogP contribution in [-0.4, -0.2) is 12.0 Å². The van der Waals surface area contributed by atoms with E-state index in [1.54, 1.807) is 0 Å². The van der Waals surface area contributed by atoms with Gasteiger partial charge in [0.1, 0.15) is 12.4 Å². The summed E-state index contributed by atoms with van der Waals surface area (Å²) in [5.41, 5.74) is 4.73. The molecule has 5 heteroatoms.